The molecule has 1 unspecified atom stereocenters. The summed E-state index contributed by atoms with van der Waals surface area (Å²) >= 11 is 0. The Labute approximate surface area is 192 Å². The number of carbonyl (C=O) groups excluding carboxylic acids is 2. The van der Waals surface area contributed by atoms with Crippen LogP contribution in [-0.2, 0) is 21.5 Å². The van der Waals surface area contributed by atoms with Crippen LogP contribution < -0.4 is 4.74 Å². The monoisotopic (exact) mass is 446 g/mol. The van der Waals surface area contributed by atoms with Gasteiger partial charge in [0, 0.05) is 6.20 Å². The molecular weight excluding hydrogens is 420 g/mol. The number of Topliss-reactive ketones (excluding diaryl/α,β-unsaturated/α-hetero) is 1. The van der Waals surface area contributed by atoms with Crippen LogP contribution in [0.1, 0.15) is 49.4 Å². The van der Waals surface area contributed by atoms with Crippen LogP contribution in [0.25, 0.3) is 5.76 Å². The quantitative estimate of drug-likeness (QED) is 0.350. The van der Waals surface area contributed by atoms with Crippen LogP contribution >= 0.6 is 0 Å². The van der Waals surface area contributed by atoms with Crippen molar-refractivity contribution < 1.29 is 23.8 Å². The number of rotatable bonds is 5. The topological polar surface area (TPSA) is 92.9 Å². The van der Waals surface area contributed by atoms with Crippen LogP contribution in [0.5, 0.6) is 5.75 Å². The van der Waals surface area contributed by atoms with E-state index in [9.17, 15) is 14.7 Å². The highest BCUT2D eigenvalue weighted by Gasteiger charge is 2.47. The van der Waals surface area contributed by atoms with Crippen LogP contribution in [-0.4, -0.2) is 33.8 Å². The van der Waals surface area contributed by atoms with Crippen LogP contribution in [0.3, 0.4) is 0 Å². The maximum Gasteiger partial charge on any atom is 0.296 e. The van der Waals surface area contributed by atoms with Crippen molar-refractivity contribution in [2.45, 2.75) is 38.8 Å². The average Bonchev–Trinajstić information content (AvgIpc) is 3.40. The van der Waals surface area contributed by atoms with Gasteiger partial charge in [-0.05, 0) is 47.4 Å². The van der Waals surface area contributed by atoms with Crippen molar-refractivity contribution in [2.75, 3.05) is 7.11 Å². The van der Waals surface area contributed by atoms with Crippen molar-refractivity contribution in [3.8, 4) is 5.75 Å². The second-order valence-electron chi connectivity index (χ2n) is 8.93. The van der Waals surface area contributed by atoms with Gasteiger partial charge in [-0.2, -0.15) is 0 Å². The fraction of sp³-hybridized carbons (Fsp3) is 0.269. The molecule has 1 aliphatic rings. The molecule has 1 amide bonds. The van der Waals surface area contributed by atoms with Crippen molar-refractivity contribution in [3.05, 3.63) is 89.1 Å². The minimum absolute atomic E-state index is 0.0328. The number of pyridine rings is 1. The number of benzene rings is 1. The van der Waals surface area contributed by atoms with Gasteiger partial charge in [-0.3, -0.25) is 14.6 Å². The van der Waals surface area contributed by atoms with Crippen molar-refractivity contribution >= 4 is 17.4 Å². The molecule has 1 N–H and O–H groups in total. The van der Waals surface area contributed by atoms with Crippen LogP contribution in [0, 0.1) is 0 Å². The van der Waals surface area contributed by atoms with E-state index >= 15 is 0 Å². The molecule has 3 aromatic rings. The SMILES string of the molecule is COc1ccc(C(C)(C)C)cc1/C(O)=C1\C(=O)C(=O)N(Cc2ccco2)C1c1ccccn1. The lowest BCUT2D eigenvalue weighted by Gasteiger charge is -2.24. The molecule has 33 heavy (non-hydrogen) atoms. The third-order valence-electron chi connectivity index (χ3n) is 5.73. The van der Waals surface area contributed by atoms with Crippen molar-refractivity contribution in [2.24, 2.45) is 0 Å². The van der Waals surface area contributed by atoms with E-state index in [1.165, 1.54) is 18.3 Å². The molecule has 0 radical (unpaired) electrons. The van der Waals surface area contributed by atoms with Crippen LogP contribution in [0.4, 0.5) is 0 Å². The number of ether oxygens (including phenoxy) is 1. The molecule has 1 aromatic carbocycles. The number of carbonyl (C=O) groups is 2. The summed E-state index contributed by atoms with van der Waals surface area (Å²) in [6, 6.07) is 13.3. The Balaban J connectivity index is 1.92. The summed E-state index contributed by atoms with van der Waals surface area (Å²) in [5, 5.41) is 11.4. The smallest absolute Gasteiger partial charge is 0.296 e. The summed E-state index contributed by atoms with van der Waals surface area (Å²) in [7, 11) is 1.49. The first kappa shape index (κ1) is 22.3. The second-order valence-corrected chi connectivity index (χ2v) is 8.93. The van der Waals surface area contributed by atoms with Gasteiger partial charge in [0.15, 0.2) is 0 Å². The molecule has 0 saturated carbocycles. The molecule has 3 heterocycles. The molecule has 1 atom stereocenters. The van der Waals surface area contributed by atoms with E-state index in [1.54, 1.807) is 48.7 Å². The van der Waals surface area contributed by atoms with Gasteiger partial charge in [0.05, 0.1) is 36.7 Å². The van der Waals surface area contributed by atoms with Crippen molar-refractivity contribution in [1.29, 1.82) is 0 Å². The summed E-state index contributed by atoms with van der Waals surface area (Å²) in [6.07, 6.45) is 3.09. The minimum Gasteiger partial charge on any atom is -0.507 e. The van der Waals surface area contributed by atoms with E-state index in [4.69, 9.17) is 9.15 Å². The Hall–Kier alpha value is -3.87. The number of aromatic nitrogens is 1. The van der Waals surface area contributed by atoms with E-state index in [-0.39, 0.29) is 23.3 Å². The summed E-state index contributed by atoms with van der Waals surface area (Å²) in [5.41, 5.74) is 1.53. The molecule has 2 aromatic heterocycles. The third kappa shape index (κ3) is 4.14. The maximum atomic E-state index is 13.2. The van der Waals surface area contributed by atoms with E-state index < -0.39 is 17.7 Å². The lowest BCUT2D eigenvalue weighted by atomic mass is 9.85. The van der Waals surface area contributed by atoms with Gasteiger partial charge in [0.25, 0.3) is 11.7 Å². The second kappa shape index (κ2) is 8.58. The molecule has 1 aliphatic heterocycles. The van der Waals surface area contributed by atoms with E-state index in [2.05, 4.69) is 25.8 Å². The van der Waals surface area contributed by atoms with Crippen molar-refractivity contribution in [1.82, 2.24) is 9.88 Å². The highest BCUT2D eigenvalue weighted by molar-refractivity contribution is 6.46. The molecule has 1 saturated heterocycles. The predicted molar refractivity (Wildman–Crippen MR) is 122 cm³/mol. The van der Waals surface area contributed by atoms with Gasteiger partial charge in [-0.15, -0.1) is 0 Å². The van der Waals surface area contributed by atoms with Gasteiger partial charge >= 0.3 is 0 Å². The Morgan fingerprint density at radius 2 is 1.94 bits per heavy atom. The largest absolute Gasteiger partial charge is 0.507 e. The zero-order valence-corrected chi connectivity index (χ0v) is 19.0. The number of likely N-dealkylation sites (tertiary alicyclic amines) is 1. The van der Waals surface area contributed by atoms with Gasteiger partial charge in [0.1, 0.15) is 23.3 Å². The Morgan fingerprint density at radius 3 is 2.55 bits per heavy atom. The Bertz CT molecular complexity index is 1210. The first-order valence-electron chi connectivity index (χ1n) is 10.6. The Morgan fingerprint density at radius 1 is 1.15 bits per heavy atom. The highest BCUT2D eigenvalue weighted by Crippen LogP contribution is 2.41. The Kier molecular flexibility index (Phi) is 5.80. The maximum absolute atomic E-state index is 13.2. The van der Waals surface area contributed by atoms with Gasteiger partial charge < -0.3 is 19.2 Å². The lowest BCUT2D eigenvalue weighted by Crippen LogP contribution is -2.29. The van der Waals surface area contributed by atoms with Crippen LogP contribution in [0.2, 0.25) is 0 Å². The van der Waals surface area contributed by atoms with Gasteiger partial charge in [-0.25, -0.2) is 0 Å². The summed E-state index contributed by atoms with van der Waals surface area (Å²) in [4.78, 5) is 32.0. The van der Waals surface area contributed by atoms with Gasteiger partial charge in [0.2, 0.25) is 0 Å². The molecule has 7 heteroatoms. The zero-order valence-electron chi connectivity index (χ0n) is 19.0. The zero-order chi connectivity index (χ0) is 23.8. The fourth-order valence-corrected chi connectivity index (χ4v) is 3.96. The summed E-state index contributed by atoms with van der Waals surface area (Å²) < 4.78 is 10.9. The lowest BCUT2D eigenvalue weighted by molar-refractivity contribution is -0.140. The normalized spacial score (nSPS) is 18.1. The number of hydrogen-bond acceptors (Lipinski definition) is 6. The molecule has 0 aliphatic carbocycles. The van der Waals surface area contributed by atoms with E-state index in [0.717, 1.165) is 5.56 Å². The van der Waals surface area contributed by atoms with Crippen molar-refractivity contribution in [3.63, 3.8) is 0 Å². The van der Waals surface area contributed by atoms with E-state index in [1.807, 2.05) is 6.07 Å². The summed E-state index contributed by atoms with van der Waals surface area (Å²) in [5.74, 6) is -0.885. The number of amides is 1. The summed E-state index contributed by atoms with van der Waals surface area (Å²) in [6.45, 7) is 6.22. The fourth-order valence-electron chi connectivity index (χ4n) is 3.96. The third-order valence-corrected chi connectivity index (χ3v) is 5.73. The number of ketones is 1. The minimum atomic E-state index is -0.876. The first-order chi connectivity index (χ1) is 15.7. The highest BCUT2D eigenvalue weighted by atomic mass is 16.5. The van der Waals surface area contributed by atoms with Gasteiger partial charge in [-0.1, -0.05) is 32.9 Å². The molecular formula is C26H26N2O5. The molecule has 1 fully saturated rings. The number of hydrogen-bond donors (Lipinski definition) is 1. The predicted octanol–water partition coefficient (Wildman–Crippen LogP) is 4.60. The molecule has 4 rings (SSSR count). The number of methoxy groups -OCH3 is 1. The number of aliphatic hydroxyl groups is 1. The first-order valence-corrected chi connectivity index (χ1v) is 10.6. The number of aliphatic hydroxyl groups excluding tert-OH is 1. The molecule has 170 valence electrons. The van der Waals surface area contributed by atoms with Crippen LogP contribution in [0.15, 0.2) is 71.0 Å². The van der Waals surface area contributed by atoms with E-state index in [0.29, 0.717) is 22.8 Å². The molecule has 7 nitrogen and oxygen atoms in total. The standard InChI is InChI=1S/C26H26N2O5/c1-26(2,3)16-10-11-20(32-4)18(14-16)23(29)21-22(19-9-5-6-12-27-19)28(25(31)24(21)30)15-17-8-7-13-33-17/h5-14,22,29H,15H2,1-4H3/b23-21+. The molecule has 0 bridgehead atoms. The average molecular weight is 447 g/mol. The molecule has 0 spiro atoms. The number of furan rings is 1. The number of nitrogens with zero attached hydrogens (tertiary/aromatic N) is 2.